The predicted octanol–water partition coefficient (Wildman–Crippen LogP) is 25.8. The Morgan fingerprint density at radius 3 is 1.04 bits per heavy atom. The Kier molecular flexibility index (Phi) is 40.0. The van der Waals surface area contributed by atoms with Crippen LogP contribution in [0.15, 0.2) is 163 Å². The first-order valence-corrected chi connectivity index (χ1v) is 55.4. The van der Waals surface area contributed by atoms with Crippen LogP contribution < -0.4 is 9.17 Å². The molecule has 0 bridgehead atoms. The number of nitrogens with zero attached hydrogens (tertiary/aromatic N) is 1. The predicted molar refractivity (Wildman–Crippen MR) is 554 cm³/mol. The van der Waals surface area contributed by atoms with Crippen molar-refractivity contribution in [1.82, 2.24) is 0 Å². The number of allylic oxidation sites excluding steroid dienone is 4. The van der Waals surface area contributed by atoms with Crippen LogP contribution in [0.2, 0.25) is 0 Å². The molecule has 6 aliphatic rings. The van der Waals surface area contributed by atoms with Crippen molar-refractivity contribution in [2.45, 2.75) is 284 Å². The number of para-hydroxylation sites is 1. The van der Waals surface area contributed by atoms with E-state index in [0.717, 1.165) is 120 Å². The van der Waals surface area contributed by atoms with Crippen molar-refractivity contribution >= 4 is 152 Å². The van der Waals surface area contributed by atoms with Gasteiger partial charge in [-0.25, -0.2) is 14.4 Å². The van der Waals surface area contributed by atoms with Gasteiger partial charge >= 0.3 is 87.3 Å². The van der Waals surface area contributed by atoms with Gasteiger partial charge in [-0.1, -0.05) is 152 Å². The Morgan fingerprint density at radius 2 is 0.691 bits per heavy atom. The van der Waals surface area contributed by atoms with E-state index in [1.807, 2.05) is 166 Å². The van der Waals surface area contributed by atoms with Gasteiger partial charge in [0.05, 0.1) is 46.9 Å². The summed E-state index contributed by atoms with van der Waals surface area (Å²) in [5.74, 6) is -1.62. The summed E-state index contributed by atoms with van der Waals surface area (Å²) in [7, 11) is -25.3. The summed E-state index contributed by atoms with van der Waals surface area (Å²) in [5.41, 5.74) is -7.70. The van der Waals surface area contributed by atoms with Crippen LogP contribution in [0.5, 0.6) is 0 Å². The van der Waals surface area contributed by atoms with Gasteiger partial charge in [0.15, 0.2) is 18.3 Å². The number of carboxylic acid groups (broad SMARTS) is 1. The van der Waals surface area contributed by atoms with E-state index in [0.29, 0.717) is 61.5 Å². The first-order valence-electron chi connectivity index (χ1n) is 47.2. The monoisotopic (exact) mass is 2220 g/mol. The standard InChI is InChI=1S/C24H30O3S.C22H26O3S.C20H33BO5S.2C11H9F3O3S.C10H10O.C8H5F6NO4S2/c1-7-26-23(25)22(27-24(4,5)6)21-16(3)28-15(2)20(21)19-13-12-17-10-8-9-11-18(17)14-19;1-13-18(17-11-10-15-8-6-7-9-16(15)12-17)19(14(2)26-13)20(21(23)24)25-22(3,4)5;1-11-23-17(22)16(24-18(4,5)6)14-12(2)27-13(3)15(14)21-25-19(7,8)20(9,10)26-21;2*12-11(13,14)18(15,16)17-10-6-5-8-3-1-2-4-9(8)7-10;11-10-6-5-8-3-1-2-4-9(8)7-10;9-7(10,11)20(16,17)15(6-4-2-1-3-5-6)21(18,19)8(12,13)14/h8-11,14,22H,7,12-13H2,1-6H3;6-9,12,20H,10-11H2,1-5H3,(H,23,24);16H,11H2,1-10H3;2*1-4,7H,5-6H2;1-4H,5-7H2;1-5H. The number of aliphatic carboxylic acids is 1. The lowest BCUT2D eigenvalue weighted by Crippen LogP contribution is -2.49. The third-order valence-corrected chi connectivity index (χ3v) is 32.6. The minimum absolute atomic E-state index is 0.131. The summed E-state index contributed by atoms with van der Waals surface area (Å²) in [6, 6.07) is 43.1. The number of fused-ring (bicyclic) bond motifs is 5. The van der Waals surface area contributed by atoms with Gasteiger partial charge in [-0.2, -0.15) is 86.4 Å². The molecule has 1 N–H and O–H groups in total. The number of rotatable bonds is 21. The molecule has 15 rings (SSSR count). The molecule has 812 valence electrons. The number of esters is 2. The van der Waals surface area contributed by atoms with Crippen LogP contribution in [-0.4, -0.2) is 133 Å². The molecule has 3 unspecified atom stereocenters. The normalized spacial score (nSPS) is 16.1. The van der Waals surface area contributed by atoms with Crippen molar-refractivity contribution in [3.8, 4) is 0 Å². The number of halogens is 12. The number of ketones is 1. The molecule has 3 atom stereocenters. The Bertz CT molecular complexity index is 6770. The van der Waals surface area contributed by atoms with Crippen LogP contribution in [-0.2, 0) is 139 Å². The lowest BCUT2D eigenvalue weighted by atomic mass is 9.74. The van der Waals surface area contributed by atoms with Crippen molar-refractivity contribution in [2.75, 3.05) is 16.9 Å². The third kappa shape index (κ3) is 31.5. The molecule has 0 saturated carbocycles. The Balaban J connectivity index is 0.000000196. The highest BCUT2D eigenvalue weighted by Crippen LogP contribution is 2.49. The van der Waals surface area contributed by atoms with Crippen molar-refractivity contribution in [3.05, 3.63) is 276 Å². The second-order valence-electron chi connectivity index (χ2n) is 39.0. The van der Waals surface area contributed by atoms with Gasteiger partial charge in [0, 0.05) is 77.1 Å². The van der Waals surface area contributed by atoms with Gasteiger partial charge in [0.1, 0.15) is 17.3 Å². The maximum Gasteiger partial charge on any atom is 0.534 e. The van der Waals surface area contributed by atoms with Gasteiger partial charge in [-0.3, -0.25) is 4.79 Å². The largest absolute Gasteiger partial charge is 0.534 e. The number of thiophene rings is 3. The average molecular weight is 2230 g/mol. The Morgan fingerprint density at radius 1 is 0.389 bits per heavy atom. The summed E-state index contributed by atoms with van der Waals surface area (Å²) in [6.07, 6.45) is 12.0. The molecule has 1 aliphatic heterocycles. The van der Waals surface area contributed by atoms with Crippen LogP contribution in [0.3, 0.4) is 0 Å². The van der Waals surface area contributed by atoms with Gasteiger partial charge < -0.3 is 46.5 Å². The Labute approximate surface area is 875 Å². The van der Waals surface area contributed by atoms with E-state index in [1.165, 1.54) is 67.1 Å². The summed E-state index contributed by atoms with van der Waals surface area (Å²) in [5, 5.41) is 9.86. The Hall–Kier alpha value is -10.3. The molecule has 9 aromatic rings. The molecule has 5 aliphatic carbocycles. The van der Waals surface area contributed by atoms with Crippen molar-refractivity contribution in [1.29, 1.82) is 0 Å². The lowest BCUT2D eigenvalue weighted by molar-refractivity contribution is -0.167. The maximum absolute atomic E-state index is 12.9. The first kappa shape index (κ1) is 122. The number of Topliss-reactive ketones (excluding diaryl/α,β-unsaturated/α-hetero) is 1. The van der Waals surface area contributed by atoms with Crippen LogP contribution in [0.1, 0.15) is 267 Å². The number of carboxylic acids is 1. The van der Waals surface area contributed by atoms with Crippen molar-refractivity contribution in [2.24, 2.45) is 0 Å². The zero-order valence-corrected chi connectivity index (χ0v) is 91.8. The van der Waals surface area contributed by atoms with Crippen LogP contribution in [0.4, 0.5) is 58.4 Å². The van der Waals surface area contributed by atoms with Crippen molar-refractivity contribution < 1.29 is 152 Å². The number of carbonyl (C=O) groups is 4. The minimum Gasteiger partial charge on any atom is -0.479 e. The summed E-state index contributed by atoms with van der Waals surface area (Å²) >= 11 is 5.02. The van der Waals surface area contributed by atoms with E-state index in [1.54, 1.807) is 65.2 Å². The third-order valence-electron chi connectivity index (χ3n) is 23.8. The van der Waals surface area contributed by atoms with Crippen molar-refractivity contribution in [3.63, 3.8) is 0 Å². The molecule has 149 heavy (non-hydrogen) atoms. The second-order valence-corrected chi connectivity index (χ2v) is 50.2. The molecule has 4 heterocycles. The number of alkyl halides is 12. The molecule has 3 aromatic heterocycles. The average Bonchev–Trinajstić information content (AvgIpc) is 1.67. The minimum atomic E-state index is -6.81. The second kappa shape index (κ2) is 48.8. The molecule has 0 amide bonds. The fraction of sp³-hybridized carbons (Fsp3) is 0.434. The molecular weight excluding hydrogens is 2100 g/mol. The van der Waals surface area contributed by atoms with Gasteiger partial charge in [0.2, 0.25) is 0 Å². The van der Waals surface area contributed by atoms with Crippen LogP contribution in [0, 0.1) is 41.5 Å². The summed E-state index contributed by atoms with van der Waals surface area (Å²) in [4.78, 5) is 55.3. The van der Waals surface area contributed by atoms with E-state index < -0.39 is 131 Å². The number of hydrogen-bond acceptors (Lipinski definition) is 24. The molecule has 43 heteroatoms. The number of hydrogen-bond donors (Lipinski definition) is 1. The van der Waals surface area contributed by atoms with E-state index in [2.05, 4.69) is 89.8 Å². The molecule has 1 fully saturated rings. The fourth-order valence-corrected chi connectivity index (χ4v) is 23.7. The number of anilines is 1. The quantitative estimate of drug-likeness (QED) is 0.0230. The molecule has 6 aromatic carbocycles. The smallest absolute Gasteiger partial charge is 0.479 e. The lowest BCUT2D eigenvalue weighted by Gasteiger charge is -2.32. The number of sulfonamides is 2. The van der Waals surface area contributed by atoms with E-state index in [-0.39, 0.29) is 36.3 Å². The number of benzene rings is 6. The zero-order valence-electron chi connectivity index (χ0n) is 86.1. The SMILES string of the molecule is CCOC(=O)C(OC(C)(C)C)c1c(C)sc(C)c1B1OC(C)(C)C(C)(C)O1.CCOC(=O)C(OC(C)(C)C)c1c(C)sc(C)c1C1=Cc2ccccc2CC1.Cc1sc(C)c(C(OC(C)(C)C)C(=O)O)c1C1=Cc2ccccc2CC1.O=C1CCc2ccccc2C1.O=S(=O)(N(c1ccccc1)S(=O)(=O)C(F)(F)F)C(F)(F)F.O=S(=O)(OC1=Cc2ccccc2CC1)C(F)(F)F.O=S(=O)(OC1=Cc2ccccc2CC1)C(F)(F)F. The fourth-order valence-electron chi connectivity index (χ4n) is 16.6. The molecular formula is C106H122BF12NO22S7. The van der Waals surface area contributed by atoms with Gasteiger partial charge in [0.25, 0.3) is 0 Å². The van der Waals surface area contributed by atoms with E-state index >= 15 is 0 Å². The van der Waals surface area contributed by atoms with E-state index in [9.17, 15) is 111 Å². The number of ether oxygens (including phenoxy) is 5. The molecule has 1 saturated heterocycles. The van der Waals surface area contributed by atoms with Gasteiger partial charge in [-0.15, -0.1) is 37.7 Å². The van der Waals surface area contributed by atoms with Crippen LogP contribution >= 0.6 is 34.0 Å². The first-order chi connectivity index (χ1) is 68.8. The van der Waals surface area contributed by atoms with E-state index in [4.69, 9.17) is 33.0 Å². The molecule has 0 radical (unpaired) electrons. The number of aryl methyl sites for hydroxylation is 11. The highest BCUT2D eigenvalue weighted by Gasteiger charge is 2.62. The molecule has 0 spiro atoms. The maximum atomic E-state index is 12.9. The molecule has 23 nitrogen and oxygen atoms in total. The highest BCUT2D eigenvalue weighted by atomic mass is 32.3. The zero-order chi connectivity index (χ0) is 111. The topological polar surface area (TPSA) is 311 Å². The summed E-state index contributed by atoms with van der Waals surface area (Å²) < 4.78 is 284. The van der Waals surface area contributed by atoms with Gasteiger partial charge in [-0.05, 0) is 293 Å². The highest BCUT2D eigenvalue weighted by molar-refractivity contribution is 8.11. The number of carbonyl (C=O) groups excluding carboxylic acids is 3. The van der Waals surface area contributed by atoms with Crippen LogP contribution in [0.25, 0.3) is 35.5 Å². The summed E-state index contributed by atoms with van der Waals surface area (Å²) in [6.45, 7) is 42.1.